The van der Waals surface area contributed by atoms with Gasteiger partial charge in [0.05, 0.1) is 0 Å². The minimum Gasteiger partial charge on any atom is -0.405 e. The Hall–Kier alpha value is -0.920. The molecule has 12 heavy (non-hydrogen) atoms. The third-order valence-corrected chi connectivity index (χ3v) is 2.29. The summed E-state index contributed by atoms with van der Waals surface area (Å²) in [4.78, 5) is 0. The third kappa shape index (κ3) is 2.99. The molecule has 0 bridgehead atoms. The molecule has 0 aromatic heterocycles. The van der Waals surface area contributed by atoms with Gasteiger partial charge < -0.3 is 11.5 Å². The highest BCUT2D eigenvalue weighted by Gasteiger charge is 2.10. The van der Waals surface area contributed by atoms with Crippen LogP contribution in [0.15, 0.2) is 23.5 Å². The van der Waals surface area contributed by atoms with Gasteiger partial charge in [0.25, 0.3) is 0 Å². The summed E-state index contributed by atoms with van der Waals surface area (Å²) in [6, 6.07) is 0. The predicted molar refractivity (Wildman–Crippen MR) is 54.2 cm³/mol. The zero-order valence-corrected chi connectivity index (χ0v) is 8.46. The normalized spacial score (nSPS) is 16.8. The van der Waals surface area contributed by atoms with Gasteiger partial charge in [0.1, 0.15) is 0 Å². The maximum atomic E-state index is 5.92. The van der Waals surface area contributed by atoms with Gasteiger partial charge in [-0.1, -0.05) is 20.8 Å². The first-order valence-electron chi connectivity index (χ1n) is 4.35. The lowest BCUT2D eigenvalue weighted by molar-refractivity contribution is 0.473. The fraction of sp³-hybridized carbons (Fsp3) is 0.600. The second kappa shape index (κ2) is 4.86. The van der Waals surface area contributed by atoms with Crippen molar-refractivity contribution >= 4 is 0 Å². The molecule has 2 nitrogen and oxygen atoms in total. The van der Waals surface area contributed by atoms with E-state index < -0.39 is 0 Å². The fourth-order valence-corrected chi connectivity index (χ4v) is 0.959. The van der Waals surface area contributed by atoms with Crippen LogP contribution in [0.25, 0.3) is 0 Å². The molecule has 0 aromatic rings. The van der Waals surface area contributed by atoms with Crippen molar-refractivity contribution < 1.29 is 0 Å². The van der Waals surface area contributed by atoms with Crippen molar-refractivity contribution in [2.24, 2.45) is 23.3 Å². The Bertz CT molecular complexity index is 190. The maximum Gasteiger partial charge on any atom is 0.0142 e. The molecule has 2 heteroatoms. The molecule has 0 fully saturated rings. The van der Waals surface area contributed by atoms with E-state index in [2.05, 4.69) is 20.8 Å². The van der Waals surface area contributed by atoms with E-state index in [-0.39, 0.29) is 0 Å². The Morgan fingerprint density at radius 1 is 1.25 bits per heavy atom. The van der Waals surface area contributed by atoms with Crippen LogP contribution < -0.4 is 11.5 Å². The number of allylic oxidation sites excluding steroid dienone is 3. The average Bonchev–Trinajstić information content (AvgIpc) is 2.02. The molecule has 0 aliphatic rings. The van der Waals surface area contributed by atoms with Crippen LogP contribution in [0.4, 0.5) is 0 Å². The van der Waals surface area contributed by atoms with Crippen molar-refractivity contribution in [2.75, 3.05) is 0 Å². The zero-order valence-electron chi connectivity index (χ0n) is 8.46. The third-order valence-electron chi connectivity index (χ3n) is 2.29. The largest absolute Gasteiger partial charge is 0.405 e. The SMILES string of the molecule is CC(/C=C\N)=C(/N)C(C)C(C)C. The molecule has 0 saturated heterocycles. The van der Waals surface area contributed by atoms with E-state index in [1.165, 1.54) is 6.20 Å². The molecule has 1 atom stereocenters. The van der Waals surface area contributed by atoms with Crippen LogP contribution in [0.3, 0.4) is 0 Å². The van der Waals surface area contributed by atoms with Crippen LogP contribution >= 0.6 is 0 Å². The number of hydrogen-bond acceptors (Lipinski definition) is 2. The van der Waals surface area contributed by atoms with Crippen molar-refractivity contribution in [3.8, 4) is 0 Å². The first-order valence-corrected chi connectivity index (χ1v) is 4.35. The maximum absolute atomic E-state index is 5.92. The van der Waals surface area contributed by atoms with Gasteiger partial charge in [0.15, 0.2) is 0 Å². The monoisotopic (exact) mass is 168 g/mol. The number of hydrogen-bond donors (Lipinski definition) is 2. The molecular weight excluding hydrogens is 148 g/mol. The van der Waals surface area contributed by atoms with Crippen LogP contribution in [0.1, 0.15) is 27.7 Å². The summed E-state index contributed by atoms with van der Waals surface area (Å²) in [6.45, 7) is 8.44. The highest BCUT2D eigenvalue weighted by molar-refractivity contribution is 5.22. The number of nitrogens with two attached hydrogens (primary N) is 2. The molecule has 1 unspecified atom stereocenters. The van der Waals surface area contributed by atoms with Crippen LogP contribution in [0.2, 0.25) is 0 Å². The fourth-order valence-electron chi connectivity index (χ4n) is 0.959. The summed E-state index contributed by atoms with van der Waals surface area (Å²) in [5.41, 5.74) is 13.2. The van der Waals surface area contributed by atoms with Gasteiger partial charge in [-0.3, -0.25) is 0 Å². The second-order valence-corrected chi connectivity index (χ2v) is 3.53. The van der Waals surface area contributed by atoms with Crippen LogP contribution in [0, 0.1) is 11.8 Å². The van der Waals surface area contributed by atoms with Gasteiger partial charge >= 0.3 is 0 Å². The average molecular weight is 168 g/mol. The lowest BCUT2D eigenvalue weighted by atomic mass is 9.92. The number of rotatable bonds is 3. The quantitative estimate of drug-likeness (QED) is 0.633. The molecule has 0 aliphatic heterocycles. The second-order valence-electron chi connectivity index (χ2n) is 3.53. The van der Waals surface area contributed by atoms with E-state index in [4.69, 9.17) is 11.5 Å². The molecule has 0 aliphatic carbocycles. The van der Waals surface area contributed by atoms with Gasteiger partial charge in [-0.05, 0) is 36.6 Å². The zero-order chi connectivity index (χ0) is 9.72. The Morgan fingerprint density at radius 3 is 2.08 bits per heavy atom. The van der Waals surface area contributed by atoms with Crippen LogP contribution in [-0.2, 0) is 0 Å². The first kappa shape index (κ1) is 11.1. The van der Waals surface area contributed by atoms with Crippen molar-refractivity contribution in [1.29, 1.82) is 0 Å². The summed E-state index contributed by atoms with van der Waals surface area (Å²) >= 11 is 0. The van der Waals surface area contributed by atoms with Gasteiger partial charge in [0.2, 0.25) is 0 Å². The molecule has 4 N–H and O–H groups in total. The highest BCUT2D eigenvalue weighted by Crippen LogP contribution is 2.18. The molecular formula is C10H20N2. The molecule has 0 amide bonds. The minimum absolute atomic E-state index is 0.418. The Morgan fingerprint density at radius 2 is 1.75 bits per heavy atom. The van der Waals surface area contributed by atoms with Crippen LogP contribution in [0.5, 0.6) is 0 Å². The molecule has 0 spiro atoms. The summed E-state index contributed by atoms with van der Waals surface area (Å²) in [6.07, 6.45) is 3.36. The highest BCUT2D eigenvalue weighted by atomic mass is 14.6. The van der Waals surface area contributed by atoms with E-state index in [0.717, 1.165) is 11.3 Å². The van der Waals surface area contributed by atoms with Gasteiger partial charge in [0, 0.05) is 5.70 Å². The van der Waals surface area contributed by atoms with Gasteiger partial charge in [-0.25, -0.2) is 0 Å². The lowest BCUT2D eigenvalue weighted by Gasteiger charge is -2.17. The molecule has 70 valence electrons. The van der Waals surface area contributed by atoms with E-state index in [1.807, 2.05) is 13.0 Å². The first-order chi connectivity index (χ1) is 5.50. The summed E-state index contributed by atoms with van der Waals surface area (Å²) in [5.74, 6) is 0.993. The van der Waals surface area contributed by atoms with E-state index in [9.17, 15) is 0 Å². The smallest absolute Gasteiger partial charge is 0.0142 e. The van der Waals surface area contributed by atoms with Gasteiger partial charge in [-0.15, -0.1) is 0 Å². The Labute approximate surface area is 75.3 Å². The molecule has 0 saturated carbocycles. The predicted octanol–water partition coefficient (Wildman–Crippen LogP) is 1.98. The lowest BCUT2D eigenvalue weighted by Crippen LogP contribution is -2.15. The Balaban J connectivity index is 4.53. The summed E-state index contributed by atoms with van der Waals surface area (Å²) in [5, 5.41) is 0. The molecule has 0 aromatic carbocycles. The summed E-state index contributed by atoms with van der Waals surface area (Å²) < 4.78 is 0. The van der Waals surface area contributed by atoms with E-state index >= 15 is 0 Å². The molecule has 0 radical (unpaired) electrons. The minimum atomic E-state index is 0.418. The van der Waals surface area contributed by atoms with Gasteiger partial charge in [-0.2, -0.15) is 0 Å². The molecule has 0 rings (SSSR count). The van der Waals surface area contributed by atoms with E-state index in [0.29, 0.717) is 11.8 Å². The van der Waals surface area contributed by atoms with Crippen LogP contribution in [-0.4, -0.2) is 0 Å². The standard InChI is InChI=1S/C10H20N2/c1-7(2)9(4)10(12)8(3)5-6-11/h5-7,9H,11-12H2,1-4H3/b6-5-,10-8-. The van der Waals surface area contributed by atoms with Crippen molar-refractivity contribution in [2.45, 2.75) is 27.7 Å². The van der Waals surface area contributed by atoms with Crippen molar-refractivity contribution in [3.63, 3.8) is 0 Å². The summed E-state index contributed by atoms with van der Waals surface area (Å²) in [7, 11) is 0. The Kier molecular flexibility index (Phi) is 4.49. The molecule has 0 heterocycles. The van der Waals surface area contributed by atoms with Crippen molar-refractivity contribution in [3.05, 3.63) is 23.5 Å². The van der Waals surface area contributed by atoms with Crippen molar-refractivity contribution in [1.82, 2.24) is 0 Å². The van der Waals surface area contributed by atoms with E-state index in [1.54, 1.807) is 0 Å². The topological polar surface area (TPSA) is 52.0 Å².